The van der Waals surface area contributed by atoms with E-state index in [0.717, 1.165) is 18.2 Å². The van der Waals surface area contributed by atoms with Crippen molar-refractivity contribution in [3.8, 4) is 5.75 Å². The summed E-state index contributed by atoms with van der Waals surface area (Å²) in [6.07, 6.45) is -2.24. The van der Waals surface area contributed by atoms with E-state index >= 15 is 0 Å². The van der Waals surface area contributed by atoms with Crippen LogP contribution in [0.15, 0.2) is 18.2 Å². The van der Waals surface area contributed by atoms with E-state index in [-0.39, 0.29) is 0 Å². The van der Waals surface area contributed by atoms with Crippen LogP contribution in [0, 0.1) is 15.9 Å². The molecule has 2 N–H and O–H groups in total. The second-order valence-electron chi connectivity index (χ2n) is 6.15. The maximum Gasteiger partial charge on any atom is 0.408 e. The molecule has 0 fully saturated rings. The highest BCUT2D eigenvalue weighted by molar-refractivity contribution is 5.80. The van der Waals surface area contributed by atoms with Crippen molar-refractivity contribution in [2.75, 3.05) is 0 Å². The maximum absolute atomic E-state index is 13.3. The minimum atomic E-state index is -1.57. The second-order valence-corrected chi connectivity index (χ2v) is 6.15. The van der Waals surface area contributed by atoms with Crippen molar-refractivity contribution >= 4 is 17.7 Å². The number of hydrogen-bond donors (Lipinski definition) is 2. The number of carbonyl (C=O) groups excluding carboxylic acids is 1. The number of ether oxygens (including phenoxy) is 2. The highest BCUT2D eigenvalue weighted by atomic mass is 19.1. The Hall–Kier alpha value is -2.91. The average molecular weight is 358 g/mol. The van der Waals surface area contributed by atoms with Gasteiger partial charge in [0.15, 0.2) is 11.8 Å². The van der Waals surface area contributed by atoms with E-state index in [1.807, 2.05) is 0 Å². The Morgan fingerprint density at radius 3 is 2.44 bits per heavy atom. The number of halogens is 1. The summed E-state index contributed by atoms with van der Waals surface area (Å²) in [5, 5.41) is 22.3. The standard InChI is InChI=1S/C15H19FN2O7/c1-8(12(13(19)20)17-14(21)25-15(2,3)4)24-11-7-9(16)5-6-10(11)18(22)23/h5-8,12H,1-4H3,(H,17,21)(H,19,20). The van der Waals surface area contributed by atoms with E-state index in [2.05, 4.69) is 5.32 Å². The van der Waals surface area contributed by atoms with Crippen molar-refractivity contribution in [1.82, 2.24) is 5.32 Å². The molecule has 0 aliphatic heterocycles. The van der Waals surface area contributed by atoms with Gasteiger partial charge in [-0.15, -0.1) is 0 Å². The first kappa shape index (κ1) is 20.1. The first-order valence-corrected chi connectivity index (χ1v) is 7.23. The summed E-state index contributed by atoms with van der Waals surface area (Å²) in [4.78, 5) is 33.3. The van der Waals surface area contributed by atoms with Crippen LogP contribution >= 0.6 is 0 Å². The lowest BCUT2D eigenvalue weighted by molar-refractivity contribution is -0.386. The molecule has 0 spiro atoms. The van der Waals surface area contributed by atoms with Gasteiger partial charge in [0.25, 0.3) is 0 Å². The molecule has 1 aromatic rings. The molecule has 2 atom stereocenters. The van der Waals surface area contributed by atoms with Gasteiger partial charge in [-0.1, -0.05) is 0 Å². The minimum absolute atomic E-state index is 0.449. The second kappa shape index (κ2) is 7.77. The molecule has 25 heavy (non-hydrogen) atoms. The predicted octanol–water partition coefficient (Wildman–Crippen LogP) is 2.48. The van der Waals surface area contributed by atoms with Gasteiger partial charge in [-0.25, -0.2) is 14.0 Å². The number of benzene rings is 1. The molecule has 1 aromatic carbocycles. The van der Waals surface area contributed by atoms with E-state index in [4.69, 9.17) is 9.47 Å². The lowest BCUT2D eigenvalue weighted by Crippen LogP contribution is -2.51. The number of nitrogens with zero attached hydrogens (tertiary/aromatic N) is 1. The number of nitro groups is 1. The smallest absolute Gasteiger partial charge is 0.408 e. The van der Waals surface area contributed by atoms with Gasteiger partial charge in [0.1, 0.15) is 17.5 Å². The third-order valence-electron chi connectivity index (χ3n) is 2.84. The topological polar surface area (TPSA) is 128 Å². The summed E-state index contributed by atoms with van der Waals surface area (Å²) in [6.45, 7) is 6.06. The molecule has 1 rings (SSSR count). The van der Waals surface area contributed by atoms with Crippen LogP contribution in [0.1, 0.15) is 27.7 Å². The molecule has 0 bridgehead atoms. The molecule has 0 radical (unpaired) electrons. The monoisotopic (exact) mass is 358 g/mol. The van der Waals surface area contributed by atoms with Crippen molar-refractivity contribution in [1.29, 1.82) is 0 Å². The first-order valence-electron chi connectivity index (χ1n) is 7.23. The Morgan fingerprint density at radius 2 is 1.96 bits per heavy atom. The van der Waals surface area contributed by atoms with Gasteiger partial charge >= 0.3 is 17.7 Å². The largest absolute Gasteiger partial charge is 0.481 e. The van der Waals surface area contributed by atoms with Crippen LogP contribution in [0.3, 0.4) is 0 Å². The number of rotatable bonds is 6. The molecule has 0 aliphatic carbocycles. The van der Waals surface area contributed by atoms with Gasteiger partial charge in [0, 0.05) is 12.1 Å². The lowest BCUT2D eigenvalue weighted by atomic mass is 10.1. The van der Waals surface area contributed by atoms with E-state index < -0.39 is 52.0 Å². The summed E-state index contributed by atoms with van der Waals surface area (Å²) in [6, 6.07) is 0.969. The van der Waals surface area contributed by atoms with Crippen LogP contribution < -0.4 is 10.1 Å². The fraction of sp³-hybridized carbons (Fsp3) is 0.467. The summed E-state index contributed by atoms with van der Waals surface area (Å²) in [5.74, 6) is -2.69. The Kier molecular flexibility index (Phi) is 6.26. The van der Waals surface area contributed by atoms with Crippen molar-refractivity contribution in [2.45, 2.75) is 45.4 Å². The molecule has 0 aromatic heterocycles. The molecule has 0 saturated carbocycles. The van der Waals surface area contributed by atoms with Gasteiger partial charge in [-0.2, -0.15) is 0 Å². The molecule has 1 amide bonds. The molecule has 2 unspecified atom stereocenters. The number of amides is 1. The van der Waals surface area contributed by atoms with E-state index in [9.17, 15) is 29.2 Å². The number of nitrogens with one attached hydrogen (secondary N) is 1. The predicted molar refractivity (Wildman–Crippen MR) is 83.9 cm³/mol. The van der Waals surface area contributed by atoms with Crippen LogP contribution in [0.2, 0.25) is 0 Å². The van der Waals surface area contributed by atoms with Crippen molar-refractivity contribution in [3.05, 3.63) is 34.1 Å². The van der Waals surface area contributed by atoms with Crippen LogP contribution in [-0.4, -0.2) is 39.8 Å². The normalized spacial score (nSPS) is 13.5. The van der Waals surface area contributed by atoms with E-state index in [1.54, 1.807) is 20.8 Å². The Labute approximate surface area is 142 Å². The van der Waals surface area contributed by atoms with Crippen LogP contribution in [-0.2, 0) is 9.53 Å². The molecule has 9 nitrogen and oxygen atoms in total. The summed E-state index contributed by atoms with van der Waals surface area (Å²) < 4.78 is 23.5. The SMILES string of the molecule is CC(Oc1cc(F)ccc1[N+](=O)[O-])C(NC(=O)OC(C)(C)C)C(=O)O. The van der Waals surface area contributed by atoms with Gasteiger partial charge in [-0.3, -0.25) is 10.1 Å². The van der Waals surface area contributed by atoms with Crippen LogP contribution in [0.25, 0.3) is 0 Å². The fourth-order valence-electron chi connectivity index (χ4n) is 1.82. The lowest BCUT2D eigenvalue weighted by Gasteiger charge is -2.25. The zero-order chi connectivity index (χ0) is 19.4. The van der Waals surface area contributed by atoms with Gasteiger partial charge in [0.05, 0.1) is 4.92 Å². The molecule has 10 heteroatoms. The molecule has 138 valence electrons. The molecule has 0 aliphatic rings. The number of carboxylic acid groups (broad SMARTS) is 1. The Balaban J connectivity index is 2.96. The van der Waals surface area contributed by atoms with Gasteiger partial charge in [0.2, 0.25) is 0 Å². The zero-order valence-electron chi connectivity index (χ0n) is 14.1. The zero-order valence-corrected chi connectivity index (χ0v) is 14.1. The maximum atomic E-state index is 13.3. The summed E-state index contributed by atoms with van der Waals surface area (Å²) in [7, 11) is 0. The number of nitro benzene ring substituents is 1. The quantitative estimate of drug-likeness (QED) is 0.590. The van der Waals surface area contributed by atoms with Gasteiger partial charge in [-0.05, 0) is 33.8 Å². The summed E-state index contributed by atoms with van der Waals surface area (Å²) >= 11 is 0. The van der Waals surface area contributed by atoms with E-state index in [1.165, 1.54) is 6.92 Å². The molecular formula is C15H19FN2O7. The average Bonchev–Trinajstić information content (AvgIpc) is 2.42. The summed E-state index contributed by atoms with van der Waals surface area (Å²) in [5.41, 5.74) is -1.38. The third-order valence-corrected chi connectivity index (χ3v) is 2.84. The van der Waals surface area contributed by atoms with E-state index in [0.29, 0.717) is 0 Å². The van der Waals surface area contributed by atoms with Crippen molar-refractivity contribution in [2.24, 2.45) is 0 Å². The highest BCUT2D eigenvalue weighted by Gasteiger charge is 2.31. The van der Waals surface area contributed by atoms with Crippen molar-refractivity contribution in [3.63, 3.8) is 0 Å². The highest BCUT2D eigenvalue weighted by Crippen LogP contribution is 2.28. The number of aliphatic carboxylic acids is 1. The molecular weight excluding hydrogens is 339 g/mol. The molecule has 0 saturated heterocycles. The molecule has 0 heterocycles. The minimum Gasteiger partial charge on any atom is -0.481 e. The van der Waals surface area contributed by atoms with Gasteiger partial charge < -0.3 is 19.9 Å². The Morgan fingerprint density at radius 1 is 1.36 bits per heavy atom. The Bertz CT molecular complexity index is 672. The number of carbonyl (C=O) groups is 2. The van der Waals surface area contributed by atoms with Crippen LogP contribution in [0.4, 0.5) is 14.9 Å². The van der Waals surface area contributed by atoms with Crippen molar-refractivity contribution < 1.29 is 33.5 Å². The third kappa shape index (κ3) is 6.24. The first-order chi connectivity index (χ1) is 11.4. The van der Waals surface area contributed by atoms with Crippen LogP contribution in [0.5, 0.6) is 5.75 Å². The number of carboxylic acids is 1. The number of alkyl carbamates (subject to hydrolysis) is 1. The number of hydrogen-bond acceptors (Lipinski definition) is 6. The fourth-order valence-corrected chi connectivity index (χ4v) is 1.82.